The molecule has 38 heavy (non-hydrogen) atoms. The topological polar surface area (TPSA) is 59.0 Å². The molecule has 2 aromatic carbocycles. The van der Waals surface area contributed by atoms with Gasteiger partial charge in [0.05, 0.1) is 24.6 Å². The highest BCUT2D eigenvalue weighted by Crippen LogP contribution is 2.56. The predicted molar refractivity (Wildman–Crippen MR) is 152 cm³/mol. The number of benzene rings is 2. The van der Waals surface area contributed by atoms with Crippen molar-refractivity contribution in [1.29, 1.82) is 0 Å². The number of aliphatic hydroxyl groups excluding tert-OH is 1. The van der Waals surface area contributed by atoms with E-state index in [1.807, 2.05) is 30.3 Å². The van der Waals surface area contributed by atoms with E-state index in [4.69, 9.17) is 9.47 Å². The highest BCUT2D eigenvalue weighted by Gasteiger charge is 2.54. The minimum absolute atomic E-state index is 0.371. The molecule has 0 saturated carbocycles. The summed E-state index contributed by atoms with van der Waals surface area (Å²) in [4.78, 5) is 15.3. The predicted octanol–water partition coefficient (Wildman–Crippen LogP) is 5.93. The maximum atomic E-state index is 13.1. The number of methoxy groups -OCH3 is 2. The number of rotatable bonds is 11. The van der Waals surface area contributed by atoms with Crippen LogP contribution in [0.2, 0.25) is 0 Å². The molecule has 0 aliphatic heterocycles. The second-order valence-electron chi connectivity index (χ2n) is 9.68. The number of hydrogen-bond acceptors (Lipinski definition) is 5. The summed E-state index contributed by atoms with van der Waals surface area (Å²) in [6, 6.07) is 16.0. The van der Waals surface area contributed by atoms with E-state index in [1.165, 1.54) is 14.2 Å². The molecule has 5 heteroatoms. The SMILES string of the molecule is C=C/C=C(\C=C)CN([C@H](C(O)OC)[C@@H](C)C(=O)OC)C1(C2=CCCC=C2)c2ccccc2-c2ccccc21. The molecule has 3 atom stereocenters. The first-order valence-electron chi connectivity index (χ1n) is 13.0. The fourth-order valence-corrected chi connectivity index (χ4v) is 6.00. The van der Waals surface area contributed by atoms with Crippen LogP contribution in [0.25, 0.3) is 11.1 Å². The van der Waals surface area contributed by atoms with Crippen LogP contribution in [-0.4, -0.2) is 49.1 Å². The fraction of sp³-hybridized carbons (Fsp3) is 0.303. The monoisotopic (exact) mass is 511 g/mol. The Balaban J connectivity index is 2.13. The van der Waals surface area contributed by atoms with Gasteiger partial charge in [0, 0.05) is 13.7 Å². The standard InChI is InChI=1S/C33H37NO4/c1-6-15-24(7-2)22-34(30(32(36)38-5)23(3)31(35)37-4)33(25-16-9-8-10-17-25)28-20-13-11-18-26(28)27-19-12-14-21-29(27)33/h6-7,9,11-21,23,30,32,36H,1-2,8,10,22H2,3-5H3/b24-15+/t23-,30+,32?/m1/s1. The van der Waals surface area contributed by atoms with Gasteiger partial charge < -0.3 is 14.6 Å². The van der Waals surface area contributed by atoms with Gasteiger partial charge in [0.15, 0.2) is 6.29 Å². The zero-order valence-electron chi connectivity index (χ0n) is 22.5. The molecule has 198 valence electrons. The fourth-order valence-electron chi connectivity index (χ4n) is 6.00. The molecule has 0 spiro atoms. The number of carbonyl (C=O) groups is 1. The van der Waals surface area contributed by atoms with Crippen LogP contribution >= 0.6 is 0 Å². The van der Waals surface area contributed by atoms with Gasteiger partial charge in [0.25, 0.3) is 0 Å². The van der Waals surface area contributed by atoms with E-state index in [0.717, 1.165) is 46.2 Å². The van der Waals surface area contributed by atoms with Crippen LogP contribution in [0.4, 0.5) is 0 Å². The number of carbonyl (C=O) groups excluding carboxylic acids is 1. The summed E-state index contributed by atoms with van der Waals surface area (Å²) >= 11 is 0. The van der Waals surface area contributed by atoms with E-state index in [-0.39, 0.29) is 0 Å². The molecule has 0 saturated heterocycles. The molecule has 0 heterocycles. The quantitative estimate of drug-likeness (QED) is 0.230. The summed E-state index contributed by atoms with van der Waals surface area (Å²) in [6.45, 7) is 10.1. The van der Waals surface area contributed by atoms with E-state index >= 15 is 0 Å². The van der Waals surface area contributed by atoms with Gasteiger partial charge >= 0.3 is 5.97 Å². The Labute approximate surface area is 226 Å². The van der Waals surface area contributed by atoms with Crippen molar-refractivity contribution in [3.05, 3.63) is 120 Å². The van der Waals surface area contributed by atoms with Gasteiger partial charge in [-0.3, -0.25) is 9.69 Å². The van der Waals surface area contributed by atoms with Crippen molar-refractivity contribution in [3.8, 4) is 11.1 Å². The van der Waals surface area contributed by atoms with Gasteiger partial charge in [0.1, 0.15) is 0 Å². The van der Waals surface area contributed by atoms with Gasteiger partial charge in [-0.2, -0.15) is 0 Å². The Morgan fingerprint density at radius 1 is 1.08 bits per heavy atom. The summed E-state index contributed by atoms with van der Waals surface area (Å²) in [5.74, 6) is -1.14. The van der Waals surface area contributed by atoms with Crippen LogP contribution in [0, 0.1) is 5.92 Å². The Kier molecular flexibility index (Phi) is 8.62. The second kappa shape index (κ2) is 11.9. The molecular formula is C33H37NO4. The van der Waals surface area contributed by atoms with Crippen molar-refractivity contribution in [2.45, 2.75) is 37.6 Å². The molecular weight excluding hydrogens is 474 g/mol. The van der Waals surface area contributed by atoms with Crippen molar-refractivity contribution < 1.29 is 19.4 Å². The molecule has 0 aromatic heterocycles. The third-order valence-electron chi connectivity index (χ3n) is 7.69. The smallest absolute Gasteiger partial charge is 0.310 e. The van der Waals surface area contributed by atoms with Crippen LogP contribution in [-0.2, 0) is 19.8 Å². The summed E-state index contributed by atoms with van der Waals surface area (Å²) < 4.78 is 10.7. The number of fused-ring (bicyclic) bond motifs is 3. The van der Waals surface area contributed by atoms with E-state index in [9.17, 15) is 9.90 Å². The van der Waals surface area contributed by atoms with Crippen molar-refractivity contribution in [2.75, 3.05) is 20.8 Å². The number of aliphatic hydroxyl groups is 1. The molecule has 2 aromatic rings. The highest BCUT2D eigenvalue weighted by atomic mass is 16.6. The first-order valence-corrected chi connectivity index (χ1v) is 13.0. The molecule has 0 bridgehead atoms. The normalized spacial score (nSPS) is 18.1. The minimum atomic E-state index is -1.27. The van der Waals surface area contributed by atoms with E-state index in [2.05, 4.69) is 60.6 Å². The Hall–Kier alpha value is -3.51. The second-order valence-corrected chi connectivity index (χ2v) is 9.68. The van der Waals surface area contributed by atoms with Gasteiger partial charge in [-0.25, -0.2) is 0 Å². The van der Waals surface area contributed by atoms with E-state index in [1.54, 1.807) is 19.1 Å². The third kappa shape index (κ3) is 4.62. The van der Waals surface area contributed by atoms with Crippen molar-refractivity contribution in [1.82, 2.24) is 4.90 Å². The molecule has 1 unspecified atom stereocenters. The molecule has 0 amide bonds. The summed E-state index contributed by atoms with van der Waals surface area (Å²) in [6.07, 6.45) is 12.6. The van der Waals surface area contributed by atoms with Gasteiger partial charge in [-0.1, -0.05) is 105 Å². The van der Waals surface area contributed by atoms with E-state index in [0.29, 0.717) is 6.54 Å². The Morgan fingerprint density at radius 3 is 2.21 bits per heavy atom. The molecule has 1 N–H and O–H groups in total. The molecule has 0 radical (unpaired) electrons. The van der Waals surface area contributed by atoms with Crippen molar-refractivity contribution in [3.63, 3.8) is 0 Å². The zero-order valence-corrected chi connectivity index (χ0v) is 22.5. The number of allylic oxidation sites excluding steroid dienone is 4. The molecule has 5 nitrogen and oxygen atoms in total. The third-order valence-corrected chi connectivity index (χ3v) is 7.69. The van der Waals surface area contributed by atoms with Crippen LogP contribution in [0.15, 0.2) is 109 Å². The molecule has 0 fully saturated rings. The Bertz CT molecular complexity index is 1240. The van der Waals surface area contributed by atoms with Gasteiger partial charge in [-0.15, -0.1) is 0 Å². The highest BCUT2D eigenvalue weighted by molar-refractivity contribution is 5.84. The number of esters is 1. The van der Waals surface area contributed by atoms with Crippen molar-refractivity contribution in [2.24, 2.45) is 5.92 Å². The van der Waals surface area contributed by atoms with Crippen LogP contribution < -0.4 is 0 Å². The van der Waals surface area contributed by atoms with Crippen LogP contribution in [0.1, 0.15) is 30.9 Å². The van der Waals surface area contributed by atoms with Gasteiger partial charge in [-0.05, 0) is 46.2 Å². The average Bonchev–Trinajstić information content (AvgIpc) is 3.27. The maximum Gasteiger partial charge on any atom is 0.310 e. The van der Waals surface area contributed by atoms with Crippen LogP contribution in [0.5, 0.6) is 0 Å². The average molecular weight is 512 g/mol. The van der Waals surface area contributed by atoms with Gasteiger partial charge in [0.2, 0.25) is 0 Å². The number of hydrogen-bond donors (Lipinski definition) is 1. The molecule has 4 rings (SSSR count). The maximum absolute atomic E-state index is 13.1. The largest absolute Gasteiger partial charge is 0.469 e. The summed E-state index contributed by atoms with van der Waals surface area (Å²) in [7, 11) is 2.82. The Morgan fingerprint density at radius 2 is 1.71 bits per heavy atom. The minimum Gasteiger partial charge on any atom is -0.469 e. The number of nitrogens with zero attached hydrogens (tertiary/aromatic N) is 1. The van der Waals surface area contributed by atoms with Crippen molar-refractivity contribution >= 4 is 5.97 Å². The first kappa shape index (κ1) is 27.5. The summed E-state index contributed by atoms with van der Waals surface area (Å²) in [5.41, 5.74) is 5.59. The van der Waals surface area contributed by atoms with E-state index < -0.39 is 29.8 Å². The lowest BCUT2D eigenvalue weighted by Crippen LogP contribution is -2.60. The lowest BCUT2D eigenvalue weighted by molar-refractivity contribution is -0.170. The van der Waals surface area contributed by atoms with Crippen LogP contribution in [0.3, 0.4) is 0 Å². The first-order chi connectivity index (χ1) is 18.4. The molecule has 2 aliphatic rings. The zero-order chi connectivity index (χ0) is 27.3. The lowest BCUT2D eigenvalue weighted by Gasteiger charge is -2.50. The number of ether oxygens (including phenoxy) is 2. The lowest BCUT2D eigenvalue weighted by atomic mass is 9.74. The summed E-state index contributed by atoms with van der Waals surface area (Å²) in [5, 5.41) is 11.4. The molecule has 2 aliphatic carbocycles.